The number of ether oxygens (including phenoxy) is 1. The van der Waals surface area contributed by atoms with Crippen molar-refractivity contribution in [3.63, 3.8) is 0 Å². The minimum absolute atomic E-state index is 0.123. The maximum Gasteiger partial charge on any atom is 0.278 e. The van der Waals surface area contributed by atoms with Gasteiger partial charge in [0.15, 0.2) is 0 Å². The molecular formula is C15H14N4O2. The number of rotatable bonds is 1. The van der Waals surface area contributed by atoms with Gasteiger partial charge in [0.2, 0.25) is 0 Å². The van der Waals surface area contributed by atoms with Gasteiger partial charge in [0.25, 0.3) is 5.91 Å². The Balaban J connectivity index is 1.77. The molecule has 0 saturated carbocycles. The van der Waals surface area contributed by atoms with E-state index < -0.39 is 0 Å². The predicted molar refractivity (Wildman–Crippen MR) is 77.9 cm³/mol. The lowest BCUT2D eigenvalue weighted by Crippen LogP contribution is -2.47. The standard InChI is InChI=1S/C15H14N4O2/c20-15(11-10-16-4-5-17-11)19-7-6-18-8-9-21-13-3-1-2-12(19)14(13)18/h1-5,10H,6-9H2. The third-order valence-electron chi connectivity index (χ3n) is 3.82. The lowest BCUT2D eigenvalue weighted by atomic mass is 10.1. The largest absolute Gasteiger partial charge is 0.489 e. The van der Waals surface area contributed by atoms with Crippen molar-refractivity contribution in [1.82, 2.24) is 9.97 Å². The summed E-state index contributed by atoms with van der Waals surface area (Å²) in [5.41, 5.74) is 2.25. The van der Waals surface area contributed by atoms with Crippen molar-refractivity contribution < 1.29 is 9.53 Å². The Morgan fingerprint density at radius 3 is 3.00 bits per heavy atom. The average Bonchev–Trinajstić information content (AvgIpc) is 2.56. The number of hydrogen-bond donors (Lipinski definition) is 0. The zero-order chi connectivity index (χ0) is 14.2. The number of carbonyl (C=O) groups is 1. The van der Waals surface area contributed by atoms with Crippen molar-refractivity contribution in [2.45, 2.75) is 0 Å². The Kier molecular flexibility index (Phi) is 2.73. The molecule has 0 unspecified atom stereocenters. The summed E-state index contributed by atoms with van der Waals surface area (Å²) >= 11 is 0. The van der Waals surface area contributed by atoms with Gasteiger partial charge in [-0.3, -0.25) is 9.78 Å². The number of anilines is 2. The molecule has 3 heterocycles. The molecule has 2 aliphatic heterocycles. The minimum atomic E-state index is -0.123. The molecule has 1 amide bonds. The Hall–Kier alpha value is -2.63. The first-order valence-corrected chi connectivity index (χ1v) is 6.93. The van der Waals surface area contributed by atoms with Crippen LogP contribution in [0.4, 0.5) is 11.4 Å². The summed E-state index contributed by atoms with van der Waals surface area (Å²) < 4.78 is 5.70. The lowest BCUT2D eigenvalue weighted by molar-refractivity contribution is 0.0981. The predicted octanol–water partition coefficient (Wildman–Crippen LogP) is 1.34. The summed E-state index contributed by atoms with van der Waals surface area (Å²) in [4.78, 5) is 24.8. The monoisotopic (exact) mass is 282 g/mol. The van der Waals surface area contributed by atoms with Gasteiger partial charge in [-0.25, -0.2) is 4.98 Å². The van der Waals surface area contributed by atoms with Crippen molar-refractivity contribution in [2.24, 2.45) is 0 Å². The first-order valence-electron chi connectivity index (χ1n) is 6.93. The van der Waals surface area contributed by atoms with Crippen molar-refractivity contribution in [3.8, 4) is 5.75 Å². The van der Waals surface area contributed by atoms with Crippen LogP contribution in [-0.2, 0) is 0 Å². The van der Waals surface area contributed by atoms with Crippen LogP contribution in [0.5, 0.6) is 5.75 Å². The molecule has 0 atom stereocenters. The van der Waals surface area contributed by atoms with Crippen molar-refractivity contribution in [2.75, 3.05) is 36.0 Å². The summed E-state index contributed by atoms with van der Waals surface area (Å²) in [5.74, 6) is 0.720. The molecule has 6 heteroatoms. The summed E-state index contributed by atoms with van der Waals surface area (Å²) in [7, 11) is 0. The van der Waals surface area contributed by atoms with Crippen molar-refractivity contribution in [3.05, 3.63) is 42.5 Å². The van der Waals surface area contributed by atoms with Gasteiger partial charge >= 0.3 is 0 Å². The number of nitrogens with zero attached hydrogens (tertiary/aromatic N) is 4. The van der Waals surface area contributed by atoms with Gasteiger partial charge in [0, 0.05) is 25.5 Å². The van der Waals surface area contributed by atoms with Crippen LogP contribution in [0, 0.1) is 0 Å². The molecule has 1 aromatic carbocycles. The first-order chi connectivity index (χ1) is 10.3. The Morgan fingerprint density at radius 2 is 2.14 bits per heavy atom. The van der Waals surface area contributed by atoms with Crippen LogP contribution in [0.25, 0.3) is 0 Å². The summed E-state index contributed by atoms with van der Waals surface area (Å²) in [6, 6.07) is 5.81. The average molecular weight is 282 g/mol. The van der Waals surface area contributed by atoms with E-state index in [2.05, 4.69) is 14.9 Å². The molecule has 0 N–H and O–H groups in total. The molecule has 2 aromatic rings. The Bertz CT molecular complexity index is 689. The van der Waals surface area contributed by atoms with Crippen molar-refractivity contribution >= 4 is 17.3 Å². The molecule has 6 nitrogen and oxygen atoms in total. The van der Waals surface area contributed by atoms with E-state index in [9.17, 15) is 4.79 Å². The summed E-state index contributed by atoms with van der Waals surface area (Å²) in [6.07, 6.45) is 4.60. The van der Waals surface area contributed by atoms with Crippen LogP contribution in [0.15, 0.2) is 36.8 Å². The van der Waals surface area contributed by atoms with E-state index in [4.69, 9.17) is 4.74 Å². The normalized spacial score (nSPS) is 16.2. The number of carbonyl (C=O) groups excluding carboxylic acids is 1. The molecule has 0 radical (unpaired) electrons. The van der Waals surface area contributed by atoms with E-state index in [1.807, 2.05) is 18.2 Å². The molecule has 0 spiro atoms. The number of benzene rings is 1. The van der Waals surface area contributed by atoms with E-state index >= 15 is 0 Å². The molecule has 21 heavy (non-hydrogen) atoms. The van der Waals surface area contributed by atoms with Crippen LogP contribution in [0.2, 0.25) is 0 Å². The molecule has 2 aliphatic rings. The molecule has 1 aromatic heterocycles. The van der Waals surface area contributed by atoms with E-state index in [1.165, 1.54) is 12.4 Å². The Labute approximate surface area is 122 Å². The molecular weight excluding hydrogens is 268 g/mol. The zero-order valence-corrected chi connectivity index (χ0v) is 11.4. The number of hydrogen-bond acceptors (Lipinski definition) is 5. The van der Waals surface area contributed by atoms with Gasteiger partial charge in [-0.05, 0) is 12.1 Å². The van der Waals surface area contributed by atoms with Crippen LogP contribution in [0.3, 0.4) is 0 Å². The SMILES string of the molecule is O=C(c1cnccn1)N1CCN2CCOc3cccc1c32. The fourth-order valence-corrected chi connectivity index (χ4v) is 2.86. The molecule has 0 fully saturated rings. The van der Waals surface area contributed by atoms with Crippen molar-refractivity contribution in [1.29, 1.82) is 0 Å². The zero-order valence-electron chi connectivity index (χ0n) is 11.4. The molecule has 0 aliphatic carbocycles. The Morgan fingerprint density at radius 1 is 1.19 bits per heavy atom. The van der Waals surface area contributed by atoms with E-state index in [-0.39, 0.29) is 5.91 Å². The number of aromatic nitrogens is 2. The molecule has 4 rings (SSSR count). The van der Waals surface area contributed by atoms with Crippen LogP contribution < -0.4 is 14.5 Å². The number of amides is 1. The maximum absolute atomic E-state index is 12.7. The highest BCUT2D eigenvalue weighted by atomic mass is 16.5. The first kappa shape index (κ1) is 12.1. The van der Waals surface area contributed by atoms with E-state index in [0.29, 0.717) is 18.8 Å². The quantitative estimate of drug-likeness (QED) is 0.790. The maximum atomic E-state index is 12.7. The van der Waals surface area contributed by atoms with Gasteiger partial charge in [-0.1, -0.05) is 6.07 Å². The third kappa shape index (κ3) is 1.91. The highest BCUT2D eigenvalue weighted by Crippen LogP contribution is 2.42. The molecule has 106 valence electrons. The van der Waals surface area contributed by atoms with Gasteiger partial charge < -0.3 is 14.5 Å². The van der Waals surface area contributed by atoms with Crippen LogP contribution in [-0.4, -0.2) is 42.1 Å². The minimum Gasteiger partial charge on any atom is -0.489 e. The van der Waals surface area contributed by atoms with Gasteiger partial charge in [-0.15, -0.1) is 0 Å². The molecule has 0 bridgehead atoms. The van der Waals surface area contributed by atoms with Crippen LogP contribution >= 0.6 is 0 Å². The fraction of sp³-hybridized carbons (Fsp3) is 0.267. The summed E-state index contributed by atoms with van der Waals surface area (Å²) in [5, 5.41) is 0. The van der Waals surface area contributed by atoms with Gasteiger partial charge in [-0.2, -0.15) is 0 Å². The fourth-order valence-electron chi connectivity index (χ4n) is 2.86. The second kappa shape index (κ2) is 4.73. The molecule has 0 saturated heterocycles. The van der Waals surface area contributed by atoms with Gasteiger partial charge in [0.05, 0.1) is 18.4 Å². The highest BCUT2D eigenvalue weighted by molar-refractivity contribution is 6.07. The smallest absolute Gasteiger partial charge is 0.278 e. The lowest BCUT2D eigenvalue weighted by Gasteiger charge is -2.40. The summed E-state index contributed by atoms with van der Waals surface area (Å²) in [6.45, 7) is 3.00. The van der Waals surface area contributed by atoms with E-state index in [1.54, 1.807) is 11.1 Å². The highest BCUT2D eigenvalue weighted by Gasteiger charge is 2.32. The van der Waals surface area contributed by atoms with E-state index in [0.717, 1.165) is 30.2 Å². The number of para-hydroxylation sites is 1. The third-order valence-corrected chi connectivity index (χ3v) is 3.82. The topological polar surface area (TPSA) is 58.6 Å². The second-order valence-corrected chi connectivity index (χ2v) is 5.01. The second-order valence-electron chi connectivity index (χ2n) is 5.01. The van der Waals surface area contributed by atoms with Gasteiger partial charge in [0.1, 0.15) is 23.7 Å². The van der Waals surface area contributed by atoms with Crippen LogP contribution in [0.1, 0.15) is 10.5 Å².